The van der Waals surface area contributed by atoms with Crippen molar-refractivity contribution >= 4 is 12.0 Å². The van der Waals surface area contributed by atoms with E-state index >= 15 is 0 Å². The van der Waals surface area contributed by atoms with E-state index in [1.165, 1.54) is 0 Å². The minimum atomic E-state index is -0.911. The van der Waals surface area contributed by atoms with Crippen molar-refractivity contribution in [3.63, 3.8) is 0 Å². The van der Waals surface area contributed by atoms with E-state index < -0.39 is 5.97 Å². The number of hydrogen-bond acceptors (Lipinski definition) is 7. The van der Waals surface area contributed by atoms with E-state index in [1.807, 2.05) is 0 Å². The van der Waals surface area contributed by atoms with Crippen LogP contribution in [0.25, 0.3) is 0 Å². The molecule has 152 valence electrons. The maximum Gasteiger partial charge on any atom is 0.335 e. The number of carboxylic acid groups (broad SMARTS) is 1. The zero-order valence-electron chi connectivity index (χ0n) is 16.4. The second kappa shape index (κ2) is 9.54. The molecule has 0 spiro atoms. The molecular formula is C20H27N3O5. The molecule has 0 saturated carbocycles. The Morgan fingerprint density at radius 1 is 1.36 bits per heavy atom. The lowest BCUT2D eigenvalue weighted by atomic mass is 9.92. The van der Waals surface area contributed by atoms with Crippen LogP contribution in [0.2, 0.25) is 0 Å². The molecule has 2 aromatic rings. The summed E-state index contributed by atoms with van der Waals surface area (Å²) in [7, 11) is 1.61. The second-order valence-corrected chi connectivity index (χ2v) is 7.13. The molecule has 1 aromatic heterocycles. The Balaban J connectivity index is 1.36. The van der Waals surface area contributed by atoms with E-state index in [-0.39, 0.29) is 0 Å². The number of aromatic carboxylic acids is 1. The highest BCUT2D eigenvalue weighted by Crippen LogP contribution is 2.25. The van der Waals surface area contributed by atoms with Gasteiger partial charge in [0.1, 0.15) is 12.4 Å². The van der Waals surface area contributed by atoms with Crippen molar-refractivity contribution in [1.82, 2.24) is 10.1 Å². The van der Waals surface area contributed by atoms with Crippen molar-refractivity contribution in [2.24, 2.45) is 5.92 Å². The molecular weight excluding hydrogens is 362 g/mol. The third-order valence-corrected chi connectivity index (χ3v) is 5.07. The molecule has 0 aliphatic carbocycles. The number of methoxy groups -OCH3 is 1. The summed E-state index contributed by atoms with van der Waals surface area (Å²) < 4.78 is 16.1. The van der Waals surface area contributed by atoms with Gasteiger partial charge in [-0.15, -0.1) is 0 Å². The Labute approximate surface area is 164 Å². The van der Waals surface area contributed by atoms with Crippen molar-refractivity contribution in [1.29, 1.82) is 0 Å². The Bertz CT molecular complexity index is 784. The van der Waals surface area contributed by atoms with Crippen molar-refractivity contribution < 1.29 is 23.9 Å². The van der Waals surface area contributed by atoms with Gasteiger partial charge in [-0.25, -0.2) is 4.79 Å². The van der Waals surface area contributed by atoms with E-state index in [0.717, 1.165) is 44.5 Å². The average molecular weight is 389 g/mol. The van der Waals surface area contributed by atoms with Crippen LogP contribution in [0.3, 0.4) is 0 Å². The van der Waals surface area contributed by atoms with Crippen LogP contribution in [0.4, 0.5) is 6.01 Å². The molecule has 0 atom stereocenters. The third kappa shape index (κ3) is 5.22. The summed E-state index contributed by atoms with van der Waals surface area (Å²) in [5, 5.41) is 13.0. The number of aryl methyl sites for hydroxylation is 1. The van der Waals surface area contributed by atoms with Gasteiger partial charge in [-0.2, -0.15) is 4.98 Å². The number of nitrogens with zero attached hydrogens (tertiary/aromatic N) is 3. The van der Waals surface area contributed by atoms with Gasteiger partial charge in [-0.05, 0) is 62.3 Å². The molecule has 1 aliphatic rings. The molecule has 3 rings (SSSR count). The first kappa shape index (κ1) is 20.1. The number of anilines is 1. The number of hydrogen-bond donors (Lipinski definition) is 1. The van der Waals surface area contributed by atoms with Gasteiger partial charge in [0, 0.05) is 20.2 Å². The summed E-state index contributed by atoms with van der Waals surface area (Å²) in [6.07, 6.45) is 4.27. The summed E-state index contributed by atoms with van der Waals surface area (Å²) in [5.41, 5.74) is 1.03. The number of piperidine rings is 1. The lowest BCUT2D eigenvalue weighted by molar-refractivity contribution is 0.0696. The molecule has 0 amide bonds. The highest BCUT2D eigenvalue weighted by molar-refractivity contribution is 5.89. The van der Waals surface area contributed by atoms with Crippen LogP contribution >= 0.6 is 0 Å². The predicted molar refractivity (Wildman–Crippen MR) is 103 cm³/mol. The highest BCUT2D eigenvalue weighted by atomic mass is 16.5. The largest absolute Gasteiger partial charge is 0.494 e. The molecule has 1 aliphatic heterocycles. The fourth-order valence-electron chi connectivity index (χ4n) is 3.50. The highest BCUT2D eigenvalue weighted by Gasteiger charge is 2.22. The predicted octanol–water partition coefficient (Wildman–Crippen LogP) is 3.30. The van der Waals surface area contributed by atoms with Gasteiger partial charge >= 0.3 is 12.0 Å². The molecule has 0 radical (unpaired) electrons. The quantitative estimate of drug-likeness (QED) is 0.653. The van der Waals surface area contributed by atoms with Crippen LogP contribution in [-0.4, -0.2) is 48.0 Å². The van der Waals surface area contributed by atoms with Crippen molar-refractivity contribution in [2.75, 3.05) is 31.7 Å². The second-order valence-electron chi connectivity index (χ2n) is 7.13. The summed E-state index contributed by atoms with van der Waals surface area (Å²) in [4.78, 5) is 17.5. The van der Waals surface area contributed by atoms with Gasteiger partial charge in [0.05, 0.1) is 12.2 Å². The fourth-order valence-corrected chi connectivity index (χ4v) is 3.50. The van der Waals surface area contributed by atoms with E-state index in [0.29, 0.717) is 42.1 Å². The van der Waals surface area contributed by atoms with Gasteiger partial charge in [-0.3, -0.25) is 0 Å². The van der Waals surface area contributed by atoms with Crippen LogP contribution in [0.5, 0.6) is 5.75 Å². The first-order valence-electron chi connectivity index (χ1n) is 9.60. The Morgan fingerprint density at radius 2 is 2.14 bits per heavy atom. The van der Waals surface area contributed by atoms with Crippen molar-refractivity contribution in [3.8, 4) is 5.75 Å². The van der Waals surface area contributed by atoms with E-state index in [1.54, 1.807) is 32.2 Å². The zero-order chi connectivity index (χ0) is 19.9. The maximum atomic E-state index is 11.0. The molecule has 1 aromatic carbocycles. The zero-order valence-corrected chi connectivity index (χ0v) is 16.4. The van der Waals surface area contributed by atoms with E-state index in [2.05, 4.69) is 15.0 Å². The summed E-state index contributed by atoms with van der Waals surface area (Å²) in [5.74, 6) is 1.05. The number of aromatic nitrogens is 2. The lowest BCUT2D eigenvalue weighted by Gasteiger charge is -2.30. The molecule has 8 heteroatoms. The number of rotatable bonds is 9. The summed E-state index contributed by atoms with van der Waals surface area (Å²) >= 11 is 0. The Hall–Kier alpha value is -2.61. The average Bonchev–Trinajstić information content (AvgIpc) is 3.14. The first-order chi connectivity index (χ1) is 13.6. The standard InChI is InChI=1S/C20H27N3O5/c1-14-12-16(5-6-17(14)19(24)25)27-11-3-4-15-7-9-23(10-8-15)20-21-18(13-26-2)22-28-20/h5-6,12,15H,3-4,7-11,13H2,1-2H3,(H,24,25). The smallest absolute Gasteiger partial charge is 0.335 e. The first-order valence-corrected chi connectivity index (χ1v) is 9.60. The molecule has 8 nitrogen and oxygen atoms in total. The summed E-state index contributed by atoms with van der Waals surface area (Å²) in [6.45, 7) is 4.60. The number of ether oxygens (including phenoxy) is 2. The Morgan fingerprint density at radius 3 is 2.82 bits per heavy atom. The maximum absolute atomic E-state index is 11.0. The van der Waals surface area contributed by atoms with Crippen LogP contribution in [0.15, 0.2) is 22.7 Å². The van der Waals surface area contributed by atoms with E-state index in [4.69, 9.17) is 19.1 Å². The molecule has 28 heavy (non-hydrogen) atoms. The van der Waals surface area contributed by atoms with E-state index in [9.17, 15) is 4.79 Å². The van der Waals surface area contributed by atoms with Crippen LogP contribution in [0, 0.1) is 12.8 Å². The molecule has 1 fully saturated rings. The minimum absolute atomic E-state index is 0.315. The SMILES string of the molecule is COCc1noc(N2CCC(CCCOc3ccc(C(=O)O)c(C)c3)CC2)n1. The Kier molecular flexibility index (Phi) is 6.86. The minimum Gasteiger partial charge on any atom is -0.494 e. The molecule has 0 unspecified atom stereocenters. The van der Waals surface area contributed by atoms with Gasteiger partial charge in [0.25, 0.3) is 0 Å². The van der Waals surface area contributed by atoms with Crippen molar-refractivity contribution in [2.45, 2.75) is 39.2 Å². The number of carbonyl (C=O) groups is 1. The molecule has 0 bridgehead atoms. The third-order valence-electron chi connectivity index (χ3n) is 5.07. The topological polar surface area (TPSA) is 97.9 Å². The fraction of sp³-hybridized carbons (Fsp3) is 0.550. The lowest BCUT2D eigenvalue weighted by Crippen LogP contribution is -2.34. The van der Waals surface area contributed by atoms with Gasteiger partial charge < -0.3 is 24.0 Å². The van der Waals surface area contributed by atoms with Crippen molar-refractivity contribution in [3.05, 3.63) is 35.2 Å². The van der Waals surface area contributed by atoms with Crippen LogP contribution in [-0.2, 0) is 11.3 Å². The van der Waals surface area contributed by atoms with Crippen LogP contribution in [0.1, 0.15) is 47.4 Å². The molecule has 1 saturated heterocycles. The molecule has 2 heterocycles. The normalized spacial score (nSPS) is 15.0. The van der Waals surface area contributed by atoms with Gasteiger partial charge in [-0.1, -0.05) is 5.16 Å². The number of benzene rings is 1. The van der Waals surface area contributed by atoms with Gasteiger partial charge in [0.2, 0.25) is 0 Å². The summed E-state index contributed by atoms with van der Waals surface area (Å²) in [6, 6.07) is 5.67. The number of carboxylic acids is 1. The molecule has 1 N–H and O–H groups in total. The monoisotopic (exact) mass is 389 g/mol. The van der Waals surface area contributed by atoms with Gasteiger partial charge in [0.15, 0.2) is 5.82 Å². The van der Waals surface area contributed by atoms with Crippen LogP contribution < -0.4 is 9.64 Å².